The van der Waals surface area contributed by atoms with Gasteiger partial charge < -0.3 is 5.32 Å². The molecule has 0 unspecified atom stereocenters. The quantitative estimate of drug-likeness (QED) is 0.852. The SMILES string of the molecule is Cc1cccnc1[C@@H](NC(=O)[C@H]1CC=CCC1)C(C)C. The molecule has 1 aliphatic rings. The minimum absolute atomic E-state index is 0.00499. The monoisotopic (exact) mass is 272 g/mol. The van der Waals surface area contributed by atoms with E-state index in [1.54, 1.807) is 6.20 Å². The van der Waals surface area contributed by atoms with E-state index in [1.165, 1.54) is 0 Å². The summed E-state index contributed by atoms with van der Waals surface area (Å²) in [7, 11) is 0. The van der Waals surface area contributed by atoms with E-state index >= 15 is 0 Å². The fourth-order valence-corrected chi connectivity index (χ4v) is 2.68. The Morgan fingerprint density at radius 1 is 1.40 bits per heavy atom. The molecule has 2 rings (SSSR count). The van der Waals surface area contributed by atoms with E-state index in [0.29, 0.717) is 5.92 Å². The number of aryl methyl sites for hydroxylation is 1. The Bertz CT molecular complexity index is 494. The molecule has 1 amide bonds. The Hall–Kier alpha value is -1.64. The highest BCUT2D eigenvalue weighted by molar-refractivity contribution is 5.79. The first-order valence-electron chi connectivity index (χ1n) is 7.46. The van der Waals surface area contributed by atoms with E-state index in [4.69, 9.17) is 0 Å². The summed E-state index contributed by atoms with van der Waals surface area (Å²) in [6, 6.07) is 3.98. The molecule has 108 valence electrons. The zero-order chi connectivity index (χ0) is 14.5. The van der Waals surface area contributed by atoms with E-state index in [2.05, 4.69) is 36.3 Å². The van der Waals surface area contributed by atoms with Gasteiger partial charge in [-0.1, -0.05) is 32.1 Å². The molecule has 1 aromatic rings. The first-order chi connectivity index (χ1) is 9.59. The number of hydrogen-bond acceptors (Lipinski definition) is 2. The van der Waals surface area contributed by atoms with Crippen LogP contribution in [-0.4, -0.2) is 10.9 Å². The van der Waals surface area contributed by atoms with E-state index < -0.39 is 0 Å². The van der Waals surface area contributed by atoms with Crippen molar-refractivity contribution in [2.24, 2.45) is 11.8 Å². The van der Waals surface area contributed by atoms with Gasteiger partial charge in [-0.05, 0) is 43.7 Å². The molecule has 0 aromatic carbocycles. The van der Waals surface area contributed by atoms with Crippen molar-refractivity contribution < 1.29 is 4.79 Å². The van der Waals surface area contributed by atoms with E-state index in [1.807, 2.05) is 19.1 Å². The number of allylic oxidation sites excluding steroid dienone is 2. The van der Waals surface area contributed by atoms with Gasteiger partial charge in [-0.2, -0.15) is 0 Å². The summed E-state index contributed by atoms with van der Waals surface area (Å²) in [6.45, 7) is 6.30. The summed E-state index contributed by atoms with van der Waals surface area (Å²) in [4.78, 5) is 16.9. The third-order valence-electron chi connectivity index (χ3n) is 3.95. The number of carbonyl (C=O) groups is 1. The van der Waals surface area contributed by atoms with Crippen LogP contribution in [0, 0.1) is 18.8 Å². The number of aromatic nitrogens is 1. The first kappa shape index (κ1) is 14.8. The number of pyridine rings is 1. The number of nitrogens with zero attached hydrogens (tertiary/aromatic N) is 1. The van der Waals surface area contributed by atoms with Crippen LogP contribution in [0.5, 0.6) is 0 Å². The van der Waals surface area contributed by atoms with Crippen molar-refractivity contribution in [2.75, 3.05) is 0 Å². The Balaban J connectivity index is 2.12. The van der Waals surface area contributed by atoms with Crippen LogP contribution in [0.3, 0.4) is 0 Å². The van der Waals surface area contributed by atoms with Crippen molar-refractivity contribution in [1.29, 1.82) is 0 Å². The predicted octanol–water partition coefficient (Wildman–Crippen LogP) is 3.56. The van der Waals surface area contributed by atoms with Gasteiger partial charge in [0.2, 0.25) is 5.91 Å². The molecular weight excluding hydrogens is 248 g/mol. The van der Waals surface area contributed by atoms with Crippen LogP contribution in [0.4, 0.5) is 0 Å². The second kappa shape index (κ2) is 6.69. The Kier molecular flexibility index (Phi) is 4.94. The molecule has 3 heteroatoms. The van der Waals surface area contributed by atoms with Gasteiger partial charge in [0.1, 0.15) is 0 Å². The molecule has 0 radical (unpaired) electrons. The highest BCUT2D eigenvalue weighted by Crippen LogP contribution is 2.25. The van der Waals surface area contributed by atoms with Crippen LogP contribution >= 0.6 is 0 Å². The van der Waals surface area contributed by atoms with E-state index in [-0.39, 0.29) is 17.9 Å². The fraction of sp³-hybridized carbons (Fsp3) is 0.529. The molecule has 0 fully saturated rings. The number of amides is 1. The second-order valence-electron chi connectivity index (χ2n) is 5.92. The lowest BCUT2D eigenvalue weighted by atomic mass is 9.91. The molecule has 1 aliphatic carbocycles. The van der Waals surface area contributed by atoms with Crippen molar-refractivity contribution >= 4 is 5.91 Å². The third kappa shape index (κ3) is 3.47. The van der Waals surface area contributed by atoms with Crippen molar-refractivity contribution in [2.45, 2.75) is 46.1 Å². The van der Waals surface area contributed by atoms with Crippen LogP contribution in [0.15, 0.2) is 30.5 Å². The summed E-state index contributed by atoms with van der Waals surface area (Å²) in [5, 5.41) is 3.21. The predicted molar refractivity (Wildman–Crippen MR) is 81.2 cm³/mol. The lowest BCUT2D eigenvalue weighted by molar-refractivity contribution is -0.126. The molecule has 2 atom stereocenters. The van der Waals surface area contributed by atoms with E-state index in [0.717, 1.165) is 30.5 Å². The maximum absolute atomic E-state index is 12.4. The van der Waals surface area contributed by atoms with Crippen LogP contribution in [0.25, 0.3) is 0 Å². The standard InChI is InChI=1S/C17H24N2O/c1-12(2)15(16-13(3)8-7-11-18-16)19-17(20)14-9-5-4-6-10-14/h4-5,7-8,11-12,14-15H,6,9-10H2,1-3H3,(H,19,20)/t14-,15-/m0/s1. The Morgan fingerprint density at radius 3 is 2.80 bits per heavy atom. The molecule has 0 saturated heterocycles. The molecule has 20 heavy (non-hydrogen) atoms. The van der Waals surface area contributed by atoms with Gasteiger partial charge in [0.05, 0.1) is 11.7 Å². The summed E-state index contributed by atoms with van der Waals surface area (Å²) < 4.78 is 0. The second-order valence-corrected chi connectivity index (χ2v) is 5.92. The van der Waals surface area contributed by atoms with Gasteiger partial charge in [-0.3, -0.25) is 9.78 Å². The highest BCUT2D eigenvalue weighted by Gasteiger charge is 2.25. The molecule has 1 heterocycles. The van der Waals surface area contributed by atoms with E-state index in [9.17, 15) is 4.79 Å². The maximum Gasteiger partial charge on any atom is 0.223 e. The topological polar surface area (TPSA) is 42.0 Å². The molecular formula is C17H24N2O. The van der Waals surface area contributed by atoms with Gasteiger partial charge >= 0.3 is 0 Å². The zero-order valence-corrected chi connectivity index (χ0v) is 12.6. The normalized spacial score (nSPS) is 19.9. The van der Waals surface area contributed by atoms with Gasteiger partial charge in [0.15, 0.2) is 0 Å². The van der Waals surface area contributed by atoms with Gasteiger partial charge in [0.25, 0.3) is 0 Å². The molecule has 1 N–H and O–H groups in total. The van der Waals surface area contributed by atoms with Crippen LogP contribution < -0.4 is 5.32 Å². The number of hydrogen-bond donors (Lipinski definition) is 1. The average molecular weight is 272 g/mol. The summed E-state index contributed by atoms with van der Waals surface area (Å²) in [6.07, 6.45) is 8.89. The summed E-state index contributed by atoms with van der Waals surface area (Å²) >= 11 is 0. The highest BCUT2D eigenvalue weighted by atomic mass is 16.1. The lowest BCUT2D eigenvalue weighted by Gasteiger charge is -2.26. The van der Waals surface area contributed by atoms with Crippen molar-refractivity contribution in [3.63, 3.8) is 0 Å². The van der Waals surface area contributed by atoms with Crippen molar-refractivity contribution in [1.82, 2.24) is 10.3 Å². The Labute approximate surface area is 121 Å². The minimum atomic E-state index is -0.00499. The molecule has 0 aliphatic heterocycles. The number of rotatable bonds is 4. The summed E-state index contributed by atoms with van der Waals surface area (Å²) in [5.41, 5.74) is 2.12. The number of nitrogens with one attached hydrogen (secondary N) is 1. The fourth-order valence-electron chi connectivity index (χ4n) is 2.68. The van der Waals surface area contributed by atoms with Gasteiger partial charge in [-0.25, -0.2) is 0 Å². The molecule has 1 aromatic heterocycles. The van der Waals surface area contributed by atoms with Crippen LogP contribution in [0.2, 0.25) is 0 Å². The molecule has 0 saturated carbocycles. The van der Waals surface area contributed by atoms with Crippen LogP contribution in [0.1, 0.15) is 50.4 Å². The third-order valence-corrected chi connectivity index (χ3v) is 3.95. The van der Waals surface area contributed by atoms with Gasteiger partial charge in [0, 0.05) is 12.1 Å². The zero-order valence-electron chi connectivity index (χ0n) is 12.6. The molecule has 0 spiro atoms. The smallest absolute Gasteiger partial charge is 0.223 e. The average Bonchev–Trinajstić information content (AvgIpc) is 2.46. The van der Waals surface area contributed by atoms with Crippen molar-refractivity contribution in [3.05, 3.63) is 41.7 Å². The maximum atomic E-state index is 12.4. The van der Waals surface area contributed by atoms with Crippen LogP contribution in [-0.2, 0) is 4.79 Å². The lowest BCUT2D eigenvalue weighted by Crippen LogP contribution is -2.37. The largest absolute Gasteiger partial charge is 0.347 e. The van der Waals surface area contributed by atoms with Crippen molar-refractivity contribution in [3.8, 4) is 0 Å². The van der Waals surface area contributed by atoms with Gasteiger partial charge in [-0.15, -0.1) is 0 Å². The summed E-state index contributed by atoms with van der Waals surface area (Å²) in [5.74, 6) is 0.607. The number of carbonyl (C=O) groups excluding carboxylic acids is 1. The molecule has 0 bridgehead atoms. The Morgan fingerprint density at radius 2 is 2.20 bits per heavy atom. The molecule has 3 nitrogen and oxygen atoms in total. The first-order valence-corrected chi connectivity index (χ1v) is 7.46. The minimum Gasteiger partial charge on any atom is -0.347 e.